The number of hydrogen-bond acceptors (Lipinski definition) is 4. The number of carbonyl (C=O) groups excluding carboxylic acids is 2. The lowest BCUT2D eigenvalue weighted by molar-refractivity contribution is -0.123. The van der Waals surface area contributed by atoms with E-state index in [1.54, 1.807) is 12.1 Å². The Morgan fingerprint density at radius 2 is 1.80 bits per heavy atom. The minimum absolute atomic E-state index is 0.144. The number of nitrogens with zero attached hydrogens (tertiary/aromatic N) is 4. The topological polar surface area (TPSA) is 69.3 Å². The fourth-order valence-corrected chi connectivity index (χ4v) is 4.85. The fraction of sp³-hybridized carbons (Fsp3) is 0.292. The predicted octanol–water partition coefficient (Wildman–Crippen LogP) is 3.25. The largest absolute Gasteiger partial charge is 0.342 e. The highest BCUT2D eigenvalue weighted by atomic mass is 16.2. The van der Waals surface area contributed by atoms with Crippen LogP contribution in [0.15, 0.2) is 54.6 Å². The normalized spacial score (nSPS) is 19.3. The molecule has 2 aromatic carbocycles. The van der Waals surface area contributed by atoms with E-state index in [-0.39, 0.29) is 18.2 Å². The summed E-state index contributed by atoms with van der Waals surface area (Å²) in [4.78, 5) is 29.3. The van der Waals surface area contributed by atoms with Gasteiger partial charge in [-0.2, -0.15) is 5.26 Å². The average Bonchev–Trinajstić information content (AvgIpc) is 3.26. The SMILES string of the molecule is N#CCCn1c2c(c3ccccc31)CCN(C1CC(=O)N(c3ccccc3)C1=O)C2. The maximum absolute atomic E-state index is 13.2. The third-order valence-corrected chi connectivity index (χ3v) is 6.22. The van der Waals surface area contributed by atoms with E-state index in [0.29, 0.717) is 25.2 Å². The van der Waals surface area contributed by atoms with E-state index in [4.69, 9.17) is 5.26 Å². The molecule has 6 nitrogen and oxygen atoms in total. The number of hydrogen-bond donors (Lipinski definition) is 0. The van der Waals surface area contributed by atoms with Gasteiger partial charge < -0.3 is 4.57 Å². The summed E-state index contributed by atoms with van der Waals surface area (Å²) >= 11 is 0. The van der Waals surface area contributed by atoms with Crippen LogP contribution in [0.2, 0.25) is 0 Å². The molecule has 3 heterocycles. The molecule has 150 valence electrons. The van der Waals surface area contributed by atoms with Crippen LogP contribution < -0.4 is 4.90 Å². The summed E-state index contributed by atoms with van der Waals surface area (Å²) in [5.41, 5.74) is 4.24. The summed E-state index contributed by atoms with van der Waals surface area (Å²) in [6.45, 7) is 1.99. The molecule has 1 unspecified atom stereocenters. The summed E-state index contributed by atoms with van der Waals surface area (Å²) in [5.74, 6) is -0.290. The Morgan fingerprint density at radius 1 is 1.03 bits per heavy atom. The summed E-state index contributed by atoms with van der Waals surface area (Å²) < 4.78 is 2.22. The third kappa shape index (κ3) is 2.90. The zero-order valence-electron chi connectivity index (χ0n) is 16.6. The van der Waals surface area contributed by atoms with Crippen molar-refractivity contribution in [2.75, 3.05) is 11.4 Å². The maximum Gasteiger partial charge on any atom is 0.251 e. The Kier molecular flexibility index (Phi) is 4.61. The molecule has 0 N–H and O–H groups in total. The van der Waals surface area contributed by atoms with Gasteiger partial charge >= 0.3 is 0 Å². The van der Waals surface area contributed by atoms with Crippen LogP contribution in [0.4, 0.5) is 5.69 Å². The highest BCUT2D eigenvalue weighted by molar-refractivity contribution is 6.22. The third-order valence-electron chi connectivity index (χ3n) is 6.22. The van der Waals surface area contributed by atoms with Crippen LogP contribution in [0, 0.1) is 11.3 Å². The molecule has 30 heavy (non-hydrogen) atoms. The number of amides is 2. The molecule has 3 aromatic rings. The molecular formula is C24H22N4O2. The van der Waals surface area contributed by atoms with Crippen LogP contribution >= 0.6 is 0 Å². The highest BCUT2D eigenvalue weighted by Crippen LogP contribution is 2.34. The van der Waals surface area contributed by atoms with Crippen LogP contribution in [0.3, 0.4) is 0 Å². The lowest BCUT2D eigenvalue weighted by Crippen LogP contribution is -2.44. The van der Waals surface area contributed by atoms with Crippen molar-refractivity contribution < 1.29 is 9.59 Å². The van der Waals surface area contributed by atoms with Crippen molar-refractivity contribution in [2.24, 2.45) is 0 Å². The van der Waals surface area contributed by atoms with Crippen molar-refractivity contribution in [1.29, 1.82) is 5.26 Å². The monoisotopic (exact) mass is 398 g/mol. The molecule has 2 aliphatic heterocycles. The van der Waals surface area contributed by atoms with Gasteiger partial charge in [0.05, 0.1) is 30.6 Å². The predicted molar refractivity (Wildman–Crippen MR) is 114 cm³/mol. The number of nitriles is 1. The number of carbonyl (C=O) groups is 2. The summed E-state index contributed by atoms with van der Waals surface area (Å²) in [6, 6.07) is 19.2. The molecule has 1 saturated heterocycles. The van der Waals surface area contributed by atoms with E-state index in [0.717, 1.165) is 24.2 Å². The van der Waals surface area contributed by atoms with Gasteiger partial charge in [0, 0.05) is 36.2 Å². The van der Waals surface area contributed by atoms with Crippen LogP contribution in [0.5, 0.6) is 0 Å². The molecule has 0 radical (unpaired) electrons. The van der Waals surface area contributed by atoms with E-state index in [1.807, 2.05) is 30.3 Å². The quantitative estimate of drug-likeness (QED) is 0.633. The van der Waals surface area contributed by atoms with Crippen LogP contribution in [-0.4, -0.2) is 33.9 Å². The van der Waals surface area contributed by atoms with Gasteiger partial charge in [0.25, 0.3) is 5.91 Å². The standard InChI is InChI=1S/C24H22N4O2/c25-12-6-13-27-20-10-5-4-9-18(20)19-11-14-26(16-22(19)27)21-15-23(29)28(24(21)30)17-7-2-1-3-8-17/h1-5,7-10,21H,6,11,13-16H2. The molecule has 5 rings (SSSR count). The van der Waals surface area contributed by atoms with Crippen molar-refractivity contribution in [3.05, 3.63) is 65.9 Å². The number of imide groups is 1. The zero-order valence-corrected chi connectivity index (χ0v) is 16.6. The first-order valence-corrected chi connectivity index (χ1v) is 10.3. The Balaban J connectivity index is 1.47. The van der Waals surface area contributed by atoms with Crippen LogP contribution in [0.1, 0.15) is 24.1 Å². The van der Waals surface area contributed by atoms with Gasteiger partial charge in [-0.3, -0.25) is 14.5 Å². The molecular weight excluding hydrogens is 376 g/mol. The van der Waals surface area contributed by atoms with Crippen molar-refractivity contribution >= 4 is 28.4 Å². The number of aryl methyl sites for hydroxylation is 1. The van der Waals surface area contributed by atoms with E-state index in [2.05, 4.69) is 27.7 Å². The van der Waals surface area contributed by atoms with Crippen LogP contribution in [0.25, 0.3) is 10.9 Å². The maximum atomic E-state index is 13.2. The molecule has 1 atom stereocenters. The Labute approximate surface area is 174 Å². The van der Waals surface area contributed by atoms with Gasteiger partial charge in [0.1, 0.15) is 0 Å². The minimum Gasteiger partial charge on any atom is -0.342 e. The molecule has 6 heteroatoms. The second-order valence-corrected chi connectivity index (χ2v) is 7.85. The Bertz CT molecular complexity index is 1180. The van der Waals surface area contributed by atoms with Crippen molar-refractivity contribution in [3.63, 3.8) is 0 Å². The molecule has 1 fully saturated rings. The summed E-state index contributed by atoms with van der Waals surface area (Å²) in [7, 11) is 0. The molecule has 0 aliphatic carbocycles. The van der Waals surface area contributed by atoms with E-state index < -0.39 is 6.04 Å². The van der Waals surface area contributed by atoms with Gasteiger partial charge in [-0.15, -0.1) is 0 Å². The molecule has 0 bridgehead atoms. The molecule has 0 saturated carbocycles. The highest BCUT2D eigenvalue weighted by Gasteiger charge is 2.43. The summed E-state index contributed by atoms with van der Waals surface area (Å²) in [6.07, 6.45) is 1.48. The van der Waals surface area contributed by atoms with Crippen LogP contribution in [-0.2, 0) is 29.1 Å². The van der Waals surface area contributed by atoms with Gasteiger partial charge in [-0.05, 0) is 30.2 Å². The number of benzene rings is 2. The average molecular weight is 398 g/mol. The lowest BCUT2D eigenvalue weighted by atomic mass is 10.0. The van der Waals surface area contributed by atoms with Crippen molar-refractivity contribution in [3.8, 4) is 6.07 Å². The first-order chi connectivity index (χ1) is 14.7. The van der Waals surface area contributed by atoms with E-state index in [1.165, 1.54) is 15.8 Å². The summed E-state index contributed by atoms with van der Waals surface area (Å²) in [5, 5.41) is 10.3. The zero-order chi connectivity index (χ0) is 20.7. The smallest absolute Gasteiger partial charge is 0.251 e. The van der Waals surface area contributed by atoms with Gasteiger partial charge in [-0.25, -0.2) is 4.90 Å². The molecule has 0 spiro atoms. The molecule has 1 aromatic heterocycles. The number of fused-ring (bicyclic) bond motifs is 3. The van der Waals surface area contributed by atoms with Gasteiger partial charge in [0.2, 0.25) is 5.91 Å². The van der Waals surface area contributed by atoms with E-state index in [9.17, 15) is 9.59 Å². The van der Waals surface area contributed by atoms with Crippen molar-refractivity contribution in [1.82, 2.24) is 9.47 Å². The van der Waals surface area contributed by atoms with E-state index >= 15 is 0 Å². The number of rotatable bonds is 4. The van der Waals surface area contributed by atoms with Gasteiger partial charge in [-0.1, -0.05) is 36.4 Å². The minimum atomic E-state index is -0.437. The van der Waals surface area contributed by atoms with Gasteiger partial charge in [0.15, 0.2) is 0 Å². The lowest BCUT2D eigenvalue weighted by Gasteiger charge is -2.32. The second-order valence-electron chi connectivity index (χ2n) is 7.85. The number of anilines is 1. The Hall–Kier alpha value is -3.43. The van der Waals surface area contributed by atoms with Crippen molar-refractivity contribution in [2.45, 2.75) is 38.4 Å². The first kappa shape index (κ1) is 18.6. The molecule has 2 aliphatic rings. The Morgan fingerprint density at radius 3 is 2.60 bits per heavy atom. The number of para-hydroxylation sites is 2. The first-order valence-electron chi connectivity index (χ1n) is 10.3. The fourth-order valence-electron chi connectivity index (χ4n) is 4.85. The molecule has 2 amide bonds. The second kappa shape index (κ2) is 7.43. The number of aromatic nitrogens is 1.